The summed E-state index contributed by atoms with van der Waals surface area (Å²) in [7, 11) is 0. The molecule has 1 aliphatic rings. The van der Waals surface area contributed by atoms with Crippen molar-refractivity contribution in [1.82, 2.24) is 4.98 Å². The Balaban J connectivity index is 1.24. The molecular weight excluding hydrogens is 550 g/mol. The number of aromatic nitrogens is 1. The summed E-state index contributed by atoms with van der Waals surface area (Å²) in [5.74, 6) is -1.48. The molecule has 0 spiro atoms. The van der Waals surface area contributed by atoms with Gasteiger partial charge in [-0.05, 0) is 48.6 Å². The number of benzene rings is 3. The van der Waals surface area contributed by atoms with Gasteiger partial charge in [0.2, 0.25) is 0 Å². The number of Topliss-reactive ketones (excluding diaryl/α,β-unsaturated/α-hetero) is 1. The number of nitro benzene ring substituents is 1. The van der Waals surface area contributed by atoms with Gasteiger partial charge in [0, 0.05) is 17.3 Å². The maximum atomic E-state index is 12.8. The predicted octanol–water partition coefficient (Wildman–Crippen LogP) is 7.18. The molecule has 4 aromatic rings. The second-order valence-corrected chi connectivity index (χ2v) is 11.8. The molecule has 5 rings (SSSR count). The summed E-state index contributed by atoms with van der Waals surface area (Å²) in [6.45, 7) is 0. The van der Waals surface area contributed by atoms with E-state index in [1.165, 1.54) is 72.9 Å². The number of nitro groups is 1. The maximum Gasteiger partial charge on any atom is 0.343 e. The number of anilines is 1. The molecule has 1 heterocycles. The molecule has 1 amide bonds. The molecule has 0 radical (unpaired) electrons. The van der Waals surface area contributed by atoms with Crippen molar-refractivity contribution >= 4 is 62.3 Å². The van der Waals surface area contributed by atoms with E-state index in [0.29, 0.717) is 27.0 Å². The van der Waals surface area contributed by atoms with Crippen molar-refractivity contribution in [3.05, 3.63) is 93.0 Å². The van der Waals surface area contributed by atoms with Crippen LogP contribution in [0.5, 0.6) is 0 Å². The summed E-state index contributed by atoms with van der Waals surface area (Å²) in [6.07, 6.45) is 6.26. The van der Waals surface area contributed by atoms with Gasteiger partial charge in [0.15, 0.2) is 10.1 Å². The van der Waals surface area contributed by atoms with Crippen LogP contribution in [-0.4, -0.2) is 38.4 Å². The van der Waals surface area contributed by atoms with Crippen LogP contribution >= 0.6 is 23.1 Å². The summed E-state index contributed by atoms with van der Waals surface area (Å²) >= 11 is 2.72. The van der Waals surface area contributed by atoms with Gasteiger partial charge < -0.3 is 10.4 Å². The van der Waals surface area contributed by atoms with E-state index >= 15 is 0 Å². The van der Waals surface area contributed by atoms with Crippen LogP contribution in [0.25, 0.3) is 10.2 Å². The lowest BCUT2D eigenvalue weighted by Crippen LogP contribution is -2.17. The number of carbonyl (C=O) groups excluding carboxylic acids is 2. The summed E-state index contributed by atoms with van der Waals surface area (Å²) in [6, 6.07) is 16.5. The Morgan fingerprint density at radius 2 is 1.80 bits per heavy atom. The Hall–Kier alpha value is -4.09. The predicted molar refractivity (Wildman–Crippen MR) is 155 cm³/mol. The third-order valence-electron chi connectivity index (χ3n) is 6.96. The molecule has 0 unspecified atom stereocenters. The number of thioether (sulfide) groups is 1. The highest BCUT2D eigenvalue weighted by Crippen LogP contribution is 2.34. The summed E-state index contributed by atoms with van der Waals surface area (Å²) in [5, 5.41) is 23.3. The van der Waals surface area contributed by atoms with E-state index in [1.807, 2.05) is 12.1 Å². The molecule has 0 aliphatic heterocycles. The van der Waals surface area contributed by atoms with Crippen molar-refractivity contribution in [3.63, 3.8) is 0 Å². The molecule has 204 valence electrons. The molecule has 11 heteroatoms. The number of carboxylic acids is 1. The first-order chi connectivity index (χ1) is 19.3. The fraction of sp³-hybridized carbons (Fsp3) is 0.241. The number of carbonyl (C=O) groups is 3. The standard InChI is InChI=1S/C29H25N3O6S2/c33-24(19-11-9-18(10-12-19)17-5-2-1-3-6-17)16-39-29-31-22-14-13-20(15-25(22)40-29)30-27(34)21-7-4-8-23(32(37)38)26(21)28(35)36/h4,7-15,17H,1-3,5-6,16H2,(H,30,34)(H,35,36). The average molecular weight is 576 g/mol. The number of fused-ring (bicyclic) bond motifs is 1. The van der Waals surface area contributed by atoms with Crippen molar-refractivity contribution < 1.29 is 24.4 Å². The number of ketones is 1. The Morgan fingerprint density at radius 1 is 1.05 bits per heavy atom. The van der Waals surface area contributed by atoms with Gasteiger partial charge in [-0.15, -0.1) is 11.3 Å². The van der Waals surface area contributed by atoms with Crippen LogP contribution in [0.3, 0.4) is 0 Å². The molecule has 9 nitrogen and oxygen atoms in total. The number of aromatic carboxylic acids is 1. The SMILES string of the molecule is O=C(CSc1nc2ccc(NC(=O)c3cccc([N+](=O)[O-])c3C(=O)O)cc2s1)c1ccc(C2CCCCC2)cc1. The Bertz CT molecular complexity index is 1610. The highest BCUT2D eigenvalue weighted by atomic mass is 32.2. The molecule has 1 aliphatic carbocycles. The van der Waals surface area contributed by atoms with Crippen molar-refractivity contribution in [1.29, 1.82) is 0 Å². The van der Waals surface area contributed by atoms with Gasteiger partial charge in [-0.25, -0.2) is 9.78 Å². The molecule has 0 bridgehead atoms. The lowest BCUT2D eigenvalue weighted by atomic mass is 9.84. The monoisotopic (exact) mass is 575 g/mol. The zero-order chi connectivity index (χ0) is 28.2. The van der Waals surface area contributed by atoms with Crippen LogP contribution in [0.1, 0.15) is 74.7 Å². The van der Waals surface area contributed by atoms with Gasteiger partial charge >= 0.3 is 5.97 Å². The van der Waals surface area contributed by atoms with E-state index in [-0.39, 0.29) is 17.1 Å². The van der Waals surface area contributed by atoms with Gasteiger partial charge in [-0.1, -0.05) is 61.4 Å². The zero-order valence-electron chi connectivity index (χ0n) is 21.3. The molecular formula is C29H25N3O6S2. The molecule has 2 N–H and O–H groups in total. The fourth-order valence-corrected chi connectivity index (χ4v) is 6.94. The fourth-order valence-electron chi connectivity index (χ4n) is 4.94. The Kier molecular flexibility index (Phi) is 8.22. The summed E-state index contributed by atoms with van der Waals surface area (Å²) in [4.78, 5) is 52.2. The molecule has 3 aromatic carbocycles. The third-order valence-corrected chi connectivity index (χ3v) is 9.12. The maximum absolute atomic E-state index is 12.8. The lowest BCUT2D eigenvalue weighted by molar-refractivity contribution is -0.385. The first kappa shape index (κ1) is 27.5. The minimum absolute atomic E-state index is 0.0265. The number of carboxylic acid groups (broad SMARTS) is 1. The van der Waals surface area contributed by atoms with Crippen molar-refractivity contribution in [3.8, 4) is 0 Å². The van der Waals surface area contributed by atoms with Crippen molar-refractivity contribution in [2.24, 2.45) is 0 Å². The van der Waals surface area contributed by atoms with Crippen molar-refractivity contribution in [2.75, 3.05) is 11.1 Å². The number of amides is 1. The minimum Gasteiger partial charge on any atom is -0.477 e. The van der Waals surface area contributed by atoms with E-state index < -0.39 is 28.1 Å². The number of hydrogen-bond donors (Lipinski definition) is 2. The highest BCUT2D eigenvalue weighted by molar-refractivity contribution is 8.01. The van der Waals surface area contributed by atoms with Gasteiger partial charge in [0.1, 0.15) is 5.56 Å². The first-order valence-corrected chi connectivity index (χ1v) is 14.6. The van der Waals surface area contributed by atoms with Crippen LogP contribution in [0, 0.1) is 10.1 Å². The van der Waals surface area contributed by atoms with Crippen LogP contribution in [0.15, 0.2) is 65.0 Å². The smallest absolute Gasteiger partial charge is 0.343 e. The van der Waals surface area contributed by atoms with E-state index in [0.717, 1.165) is 10.8 Å². The second kappa shape index (κ2) is 12.0. The Labute approximate surface area is 237 Å². The number of nitrogens with zero attached hydrogens (tertiary/aromatic N) is 2. The summed E-state index contributed by atoms with van der Waals surface area (Å²) < 4.78 is 1.47. The van der Waals surface area contributed by atoms with E-state index in [2.05, 4.69) is 22.4 Å². The van der Waals surface area contributed by atoms with Crippen LogP contribution < -0.4 is 5.32 Å². The minimum atomic E-state index is -1.56. The average Bonchev–Trinajstić information content (AvgIpc) is 3.38. The van der Waals surface area contributed by atoms with Crippen LogP contribution in [-0.2, 0) is 0 Å². The molecule has 1 saturated carbocycles. The molecule has 1 fully saturated rings. The Morgan fingerprint density at radius 3 is 2.50 bits per heavy atom. The molecule has 0 atom stereocenters. The molecule has 40 heavy (non-hydrogen) atoms. The topological polar surface area (TPSA) is 140 Å². The van der Waals surface area contributed by atoms with Gasteiger partial charge in [0.25, 0.3) is 11.6 Å². The second-order valence-electron chi connectivity index (χ2n) is 9.55. The molecule has 0 saturated heterocycles. The van der Waals surface area contributed by atoms with E-state index in [1.54, 1.807) is 18.2 Å². The molecule has 1 aromatic heterocycles. The summed E-state index contributed by atoms with van der Waals surface area (Å²) in [5.41, 5.74) is 1.42. The van der Waals surface area contributed by atoms with E-state index in [9.17, 15) is 29.6 Å². The lowest BCUT2D eigenvalue weighted by Gasteiger charge is -2.22. The van der Waals surface area contributed by atoms with Gasteiger partial charge in [0.05, 0.1) is 26.5 Å². The third kappa shape index (κ3) is 6.05. The number of hydrogen-bond acceptors (Lipinski definition) is 8. The van der Waals surface area contributed by atoms with E-state index in [4.69, 9.17) is 0 Å². The van der Waals surface area contributed by atoms with Crippen LogP contribution in [0.4, 0.5) is 11.4 Å². The number of rotatable bonds is 9. The van der Waals surface area contributed by atoms with Gasteiger partial charge in [-0.3, -0.25) is 19.7 Å². The first-order valence-electron chi connectivity index (χ1n) is 12.8. The number of thiazole rings is 1. The normalized spacial score (nSPS) is 13.7. The van der Waals surface area contributed by atoms with Crippen molar-refractivity contribution in [2.45, 2.75) is 42.4 Å². The highest BCUT2D eigenvalue weighted by Gasteiger charge is 2.27. The largest absolute Gasteiger partial charge is 0.477 e. The quantitative estimate of drug-likeness (QED) is 0.0926. The zero-order valence-corrected chi connectivity index (χ0v) is 22.9. The van der Waals surface area contributed by atoms with Crippen LogP contribution in [0.2, 0.25) is 0 Å². The van der Waals surface area contributed by atoms with Gasteiger partial charge in [-0.2, -0.15) is 0 Å². The number of nitrogens with one attached hydrogen (secondary N) is 1.